The fourth-order valence-corrected chi connectivity index (χ4v) is 3.76. The number of halogens is 5. The highest BCUT2D eigenvalue weighted by Crippen LogP contribution is 2.37. The maximum absolute atomic E-state index is 14.4. The zero-order valence-electron chi connectivity index (χ0n) is 19.5. The van der Waals surface area contributed by atoms with E-state index in [0.29, 0.717) is 17.5 Å². The monoisotopic (exact) mass is 557 g/mol. The Morgan fingerprint density at radius 3 is 2.37 bits per heavy atom. The molecular formula is C24H20ClF4N3O6. The fourth-order valence-electron chi connectivity index (χ4n) is 3.51. The van der Waals surface area contributed by atoms with Crippen molar-refractivity contribution in [2.75, 3.05) is 11.5 Å². The van der Waals surface area contributed by atoms with Crippen molar-refractivity contribution >= 4 is 29.2 Å². The van der Waals surface area contributed by atoms with Crippen LogP contribution < -0.4 is 15.4 Å². The summed E-state index contributed by atoms with van der Waals surface area (Å²) in [5.41, 5.74) is 5.49. The molecule has 0 atom stereocenters. The second kappa shape index (κ2) is 10.9. The number of nitrogens with two attached hydrogens (primary N) is 1. The van der Waals surface area contributed by atoms with E-state index >= 15 is 0 Å². The van der Waals surface area contributed by atoms with Gasteiger partial charge >= 0.3 is 12.3 Å². The molecule has 0 aliphatic rings. The quantitative estimate of drug-likeness (QED) is 0.245. The lowest BCUT2D eigenvalue weighted by atomic mass is 9.96. The van der Waals surface area contributed by atoms with E-state index in [1.165, 1.54) is 12.1 Å². The standard InChI is InChI=1S/C24H20ClF4N3O6/c1-2-12-6-7-13(20(30)33)8-15(12)14-9-18(38-11-23(27,28)29)21(31-10-14)32(24(35,36)37)22(34)19-16(25)4-3-5-17(19)26/h3-10,35-37H,2,11H2,1H3,(H2,30,33). The lowest BCUT2D eigenvalue weighted by molar-refractivity contribution is -0.304. The number of carbonyl (C=O) groups is 2. The number of aromatic nitrogens is 1. The summed E-state index contributed by atoms with van der Waals surface area (Å²) in [4.78, 5) is 28.3. The summed E-state index contributed by atoms with van der Waals surface area (Å²) in [7, 11) is 0. The molecule has 38 heavy (non-hydrogen) atoms. The van der Waals surface area contributed by atoms with Gasteiger partial charge in [-0.1, -0.05) is 30.7 Å². The van der Waals surface area contributed by atoms with Crippen LogP contribution in [0.4, 0.5) is 23.4 Å². The Hall–Kier alpha value is -3.78. The first-order valence-electron chi connectivity index (χ1n) is 10.7. The molecule has 202 valence electrons. The minimum absolute atomic E-state index is 0.0742. The van der Waals surface area contributed by atoms with Crippen LogP contribution in [0.2, 0.25) is 5.02 Å². The minimum Gasteiger partial charge on any atom is -0.480 e. The van der Waals surface area contributed by atoms with Crippen LogP contribution in [-0.2, 0) is 6.42 Å². The molecule has 2 aromatic carbocycles. The van der Waals surface area contributed by atoms with Crippen LogP contribution in [-0.4, -0.2) is 51.0 Å². The molecule has 1 heterocycles. The third kappa shape index (κ3) is 6.37. The normalized spacial score (nSPS) is 11.8. The largest absolute Gasteiger partial charge is 0.480 e. The van der Waals surface area contributed by atoms with Gasteiger partial charge in [0.25, 0.3) is 5.91 Å². The summed E-state index contributed by atoms with van der Waals surface area (Å²) in [5.74, 6) is -5.55. The number of alkyl halides is 3. The molecule has 0 fully saturated rings. The van der Waals surface area contributed by atoms with Gasteiger partial charge in [0.15, 0.2) is 18.2 Å². The lowest BCUT2D eigenvalue weighted by Crippen LogP contribution is -2.53. The lowest BCUT2D eigenvalue weighted by Gasteiger charge is -2.31. The number of ether oxygens (including phenoxy) is 1. The van der Waals surface area contributed by atoms with Crippen molar-refractivity contribution in [2.24, 2.45) is 5.73 Å². The van der Waals surface area contributed by atoms with Crippen molar-refractivity contribution in [3.05, 3.63) is 76.2 Å². The molecule has 2 amide bonds. The smallest absolute Gasteiger partial charge is 0.422 e. The van der Waals surface area contributed by atoms with Gasteiger partial charge < -0.3 is 25.8 Å². The van der Waals surface area contributed by atoms with Crippen molar-refractivity contribution in [1.29, 1.82) is 0 Å². The van der Waals surface area contributed by atoms with Gasteiger partial charge in [-0.25, -0.2) is 14.3 Å². The van der Waals surface area contributed by atoms with E-state index in [0.717, 1.165) is 30.5 Å². The molecule has 9 nitrogen and oxygen atoms in total. The summed E-state index contributed by atoms with van der Waals surface area (Å²) < 4.78 is 58.3. The minimum atomic E-state index is -4.88. The van der Waals surface area contributed by atoms with Gasteiger partial charge in [-0.2, -0.15) is 13.2 Å². The Morgan fingerprint density at radius 1 is 1.13 bits per heavy atom. The Balaban J connectivity index is 2.25. The van der Waals surface area contributed by atoms with Gasteiger partial charge in [-0.15, -0.1) is 0 Å². The van der Waals surface area contributed by atoms with Gasteiger partial charge in [-0.05, 0) is 47.9 Å². The predicted octanol–water partition coefficient (Wildman–Crippen LogP) is 3.38. The van der Waals surface area contributed by atoms with Crippen LogP contribution >= 0.6 is 11.6 Å². The second-order valence-electron chi connectivity index (χ2n) is 7.88. The predicted molar refractivity (Wildman–Crippen MR) is 127 cm³/mol. The second-order valence-corrected chi connectivity index (χ2v) is 8.28. The number of hydrogen-bond donors (Lipinski definition) is 4. The third-order valence-corrected chi connectivity index (χ3v) is 5.52. The van der Waals surface area contributed by atoms with E-state index in [9.17, 15) is 42.5 Å². The molecule has 0 saturated heterocycles. The highest BCUT2D eigenvalue weighted by molar-refractivity contribution is 6.34. The van der Waals surface area contributed by atoms with Crippen LogP contribution in [0, 0.1) is 5.82 Å². The van der Waals surface area contributed by atoms with Gasteiger partial charge in [0.05, 0.1) is 10.6 Å². The Kier molecular flexibility index (Phi) is 8.27. The number of aryl methyl sites for hydroxylation is 1. The molecule has 3 aromatic rings. The van der Waals surface area contributed by atoms with Gasteiger partial charge in [0, 0.05) is 17.3 Å². The van der Waals surface area contributed by atoms with Gasteiger partial charge in [-0.3, -0.25) is 9.59 Å². The van der Waals surface area contributed by atoms with Gasteiger partial charge in [0.1, 0.15) is 5.82 Å². The van der Waals surface area contributed by atoms with Crippen molar-refractivity contribution < 1.29 is 47.2 Å². The molecular weight excluding hydrogens is 538 g/mol. The highest BCUT2D eigenvalue weighted by atomic mass is 35.5. The van der Waals surface area contributed by atoms with E-state index < -0.39 is 58.7 Å². The number of carbonyl (C=O) groups excluding carboxylic acids is 2. The SMILES string of the molecule is CCc1ccc(C(N)=O)cc1-c1cnc(N(C(=O)c2c(F)cccc2Cl)C(O)(O)O)c(OCC(F)(F)F)c1. The zero-order valence-corrected chi connectivity index (χ0v) is 20.2. The zero-order chi connectivity index (χ0) is 28.4. The number of amides is 2. The van der Waals surface area contributed by atoms with Crippen LogP contribution in [0.15, 0.2) is 48.7 Å². The molecule has 0 spiro atoms. The summed E-state index contributed by atoms with van der Waals surface area (Å²) in [6.45, 7) is -0.146. The molecule has 5 N–H and O–H groups in total. The molecule has 1 aromatic heterocycles. The van der Waals surface area contributed by atoms with Crippen molar-refractivity contribution in [1.82, 2.24) is 4.98 Å². The summed E-state index contributed by atoms with van der Waals surface area (Å²) >= 11 is 5.88. The number of primary amides is 1. The Morgan fingerprint density at radius 2 is 1.82 bits per heavy atom. The van der Waals surface area contributed by atoms with Crippen molar-refractivity contribution in [3.8, 4) is 16.9 Å². The van der Waals surface area contributed by atoms with E-state index in [-0.39, 0.29) is 16.0 Å². The first-order valence-corrected chi connectivity index (χ1v) is 11.1. The maximum Gasteiger partial charge on any atom is 0.422 e. The molecule has 0 aliphatic carbocycles. The summed E-state index contributed by atoms with van der Waals surface area (Å²) in [6.07, 6.45) is -7.55. The Labute approximate surface area is 217 Å². The molecule has 3 rings (SSSR count). The maximum atomic E-state index is 14.4. The van der Waals surface area contributed by atoms with Gasteiger partial charge in [0.2, 0.25) is 5.91 Å². The topological polar surface area (TPSA) is 146 Å². The van der Waals surface area contributed by atoms with Crippen LogP contribution in [0.1, 0.15) is 33.2 Å². The summed E-state index contributed by atoms with van der Waals surface area (Å²) in [6, 6.07) is 8.36. The number of aliphatic hydroxyl groups is 3. The molecule has 0 saturated carbocycles. The van der Waals surface area contributed by atoms with E-state index in [2.05, 4.69) is 4.98 Å². The fraction of sp³-hybridized carbons (Fsp3) is 0.208. The van der Waals surface area contributed by atoms with E-state index in [1.807, 2.05) is 0 Å². The van der Waals surface area contributed by atoms with Crippen molar-refractivity contribution in [2.45, 2.75) is 25.6 Å². The van der Waals surface area contributed by atoms with E-state index in [4.69, 9.17) is 22.1 Å². The average Bonchev–Trinajstić information content (AvgIpc) is 2.81. The molecule has 0 aliphatic heterocycles. The Bertz CT molecular complexity index is 1360. The van der Waals surface area contributed by atoms with Crippen molar-refractivity contribution in [3.63, 3.8) is 0 Å². The number of pyridine rings is 1. The van der Waals surface area contributed by atoms with E-state index in [1.54, 1.807) is 13.0 Å². The number of rotatable bonds is 8. The third-order valence-electron chi connectivity index (χ3n) is 5.20. The molecule has 0 bridgehead atoms. The first-order chi connectivity index (χ1) is 17.6. The van der Waals surface area contributed by atoms with Crippen LogP contribution in [0.3, 0.4) is 0 Å². The number of benzene rings is 2. The average molecular weight is 558 g/mol. The molecule has 14 heteroatoms. The highest BCUT2D eigenvalue weighted by Gasteiger charge is 2.41. The van der Waals surface area contributed by atoms with Crippen LogP contribution in [0.25, 0.3) is 11.1 Å². The number of nitrogens with zero attached hydrogens (tertiary/aromatic N) is 2. The molecule has 0 radical (unpaired) electrons. The number of anilines is 1. The summed E-state index contributed by atoms with van der Waals surface area (Å²) in [5, 5.41) is 29.3. The first kappa shape index (κ1) is 28.8. The van der Waals surface area contributed by atoms with Crippen LogP contribution in [0.5, 0.6) is 5.75 Å². The number of hydrogen-bond acceptors (Lipinski definition) is 7. The molecule has 0 unspecified atom stereocenters.